The number of benzene rings is 1. The van der Waals surface area contributed by atoms with Crippen molar-refractivity contribution in [3.05, 3.63) is 69.1 Å². The Morgan fingerprint density at radius 1 is 1.13 bits per heavy atom. The molecule has 3 nitrogen and oxygen atoms in total. The van der Waals surface area contributed by atoms with Gasteiger partial charge in [0.05, 0.1) is 0 Å². The van der Waals surface area contributed by atoms with Gasteiger partial charge < -0.3 is 24.8 Å². The van der Waals surface area contributed by atoms with Gasteiger partial charge in [0, 0.05) is 0 Å². The number of halogens is 2. The number of allylic oxidation sites excluding steroid dienone is 5. The van der Waals surface area contributed by atoms with Crippen molar-refractivity contribution < 1.29 is 48.0 Å². The fraction of sp³-hybridized carbons (Fsp3) is 0.176. The Hall–Kier alpha value is -0.957. The Labute approximate surface area is 160 Å². The molecule has 23 heavy (non-hydrogen) atoms. The summed E-state index contributed by atoms with van der Waals surface area (Å²) in [5, 5.41) is 7.95. The molecule has 1 heterocycles. The van der Waals surface area contributed by atoms with Crippen LogP contribution in [0.1, 0.15) is 28.1 Å². The molecule has 116 valence electrons. The number of nitrogens with zero attached hydrogens (tertiary/aromatic N) is 3. The maximum Gasteiger partial charge on any atom is -1.00 e. The van der Waals surface area contributed by atoms with Gasteiger partial charge in [0.25, 0.3) is 0 Å². The first-order valence-corrected chi connectivity index (χ1v) is 9.76. The number of aromatic nitrogens is 3. The van der Waals surface area contributed by atoms with Crippen LogP contribution in [0.5, 0.6) is 0 Å². The molecule has 0 bridgehead atoms. The molecule has 0 saturated heterocycles. The minimum Gasteiger partial charge on any atom is -1.00 e. The minimum absolute atomic E-state index is 0. The SMILES string of the molecule is CC1=[C]([Zr+2][CH]2C(n3cnnc3)=Cc3ccccc32)CC=C1.[Cl-].[Cl-]. The van der Waals surface area contributed by atoms with Crippen molar-refractivity contribution in [2.75, 3.05) is 0 Å². The van der Waals surface area contributed by atoms with Gasteiger partial charge in [0.2, 0.25) is 0 Å². The zero-order chi connectivity index (χ0) is 14.2. The molecule has 0 N–H and O–H groups in total. The van der Waals surface area contributed by atoms with Crippen molar-refractivity contribution >= 4 is 11.8 Å². The molecule has 0 aliphatic heterocycles. The summed E-state index contributed by atoms with van der Waals surface area (Å²) in [7, 11) is 0. The molecule has 6 heteroatoms. The third kappa shape index (κ3) is 3.45. The number of hydrogen-bond donors (Lipinski definition) is 0. The number of fused-ring (bicyclic) bond motifs is 1. The van der Waals surface area contributed by atoms with Gasteiger partial charge in [-0.25, -0.2) is 0 Å². The van der Waals surface area contributed by atoms with Gasteiger partial charge in [0.15, 0.2) is 0 Å². The molecule has 0 fully saturated rings. The fourth-order valence-electron chi connectivity index (χ4n) is 2.98. The van der Waals surface area contributed by atoms with E-state index in [1.165, 1.54) is 22.4 Å². The fourth-order valence-corrected chi connectivity index (χ4v) is 7.14. The summed E-state index contributed by atoms with van der Waals surface area (Å²) < 4.78 is 4.36. The molecule has 2 aliphatic rings. The van der Waals surface area contributed by atoms with E-state index in [1.807, 2.05) is 12.7 Å². The summed E-state index contributed by atoms with van der Waals surface area (Å²) in [6, 6.07) is 8.77. The quantitative estimate of drug-likeness (QED) is 0.554. The molecule has 1 atom stereocenters. The van der Waals surface area contributed by atoms with Gasteiger partial charge in [-0.3, -0.25) is 0 Å². The number of hydrogen-bond acceptors (Lipinski definition) is 2. The van der Waals surface area contributed by atoms with Crippen LogP contribution in [-0.4, -0.2) is 14.8 Å². The molecule has 1 unspecified atom stereocenters. The van der Waals surface area contributed by atoms with Gasteiger partial charge in [-0.05, 0) is 0 Å². The van der Waals surface area contributed by atoms with E-state index in [0.717, 1.165) is 6.42 Å². The van der Waals surface area contributed by atoms with Gasteiger partial charge in [0.1, 0.15) is 0 Å². The van der Waals surface area contributed by atoms with Crippen LogP contribution in [0.2, 0.25) is 0 Å². The molecule has 0 radical (unpaired) electrons. The summed E-state index contributed by atoms with van der Waals surface area (Å²) in [5.41, 5.74) is 5.69. The van der Waals surface area contributed by atoms with E-state index >= 15 is 0 Å². The maximum absolute atomic E-state index is 3.98. The van der Waals surface area contributed by atoms with Crippen LogP contribution >= 0.6 is 0 Å². The minimum atomic E-state index is -0.716. The van der Waals surface area contributed by atoms with Crippen LogP contribution in [0.4, 0.5) is 0 Å². The Kier molecular flexibility index (Phi) is 6.19. The first-order chi connectivity index (χ1) is 10.3. The zero-order valence-corrected chi connectivity index (χ0v) is 16.5. The predicted molar refractivity (Wildman–Crippen MR) is 79.8 cm³/mol. The van der Waals surface area contributed by atoms with E-state index < -0.39 is 23.2 Å². The maximum atomic E-state index is 3.98. The van der Waals surface area contributed by atoms with Gasteiger partial charge in [-0.15, -0.1) is 0 Å². The van der Waals surface area contributed by atoms with Crippen LogP contribution in [0.25, 0.3) is 11.8 Å². The van der Waals surface area contributed by atoms with E-state index in [1.54, 1.807) is 3.28 Å². The third-order valence-corrected chi connectivity index (χ3v) is 8.64. The molecule has 1 aromatic heterocycles. The predicted octanol–water partition coefficient (Wildman–Crippen LogP) is -2.34. The zero-order valence-electron chi connectivity index (χ0n) is 12.6. The van der Waals surface area contributed by atoms with Gasteiger partial charge in [-0.2, -0.15) is 0 Å². The first-order valence-electron chi connectivity index (χ1n) is 7.11. The Morgan fingerprint density at radius 3 is 2.57 bits per heavy atom. The standard InChI is InChI=1S/C11H8N3.C6H7.2ClH.Zr/c1-2-4-10-6-11(5-9(10)3-1)14-7-12-13-8-14;1-6-4-2-3-5-6;;;/h1-8H;2,4H,3H2,1H3;2*1H;/q;;;;+2/p-2. The van der Waals surface area contributed by atoms with Crippen LogP contribution in [0, 0.1) is 0 Å². The second-order valence-electron chi connectivity index (χ2n) is 5.41. The smallest absolute Gasteiger partial charge is 1.00 e. The average Bonchev–Trinajstić information content (AvgIpc) is 3.21. The summed E-state index contributed by atoms with van der Waals surface area (Å²) in [6.45, 7) is 2.25. The van der Waals surface area contributed by atoms with E-state index in [9.17, 15) is 0 Å². The van der Waals surface area contributed by atoms with E-state index in [-0.39, 0.29) is 24.8 Å². The van der Waals surface area contributed by atoms with Crippen LogP contribution < -0.4 is 24.8 Å². The number of rotatable bonds is 3. The van der Waals surface area contributed by atoms with Crippen LogP contribution in [-0.2, 0) is 23.2 Å². The van der Waals surface area contributed by atoms with Crippen LogP contribution in [0.15, 0.2) is 57.9 Å². The first kappa shape index (κ1) is 18.4. The summed E-state index contributed by atoms with van der Waals surface area (Å²) >= 11 is -0.716. The van der Waals surface area contributed by atoms with Crippen molar-refractivity contribution in [2.24, 2.45) is 0 Å². The van der Waals surface area contributed by atoms with Gasteiger partial charge >= 0.3 is 136 Å². The van der Waals surface area contributed by atoms with Crippen LogP contribution in [0.3, 0.4) is 0 Å². The second-order valence-corrected chi connectivity index (χ2v) is 9.02. The largest absolute Gasteiger partial charge is 1.00 e. The molecule has 2 aliphatic carbocycles. The topological polar surface area (TPSA) is 30.7 Å². The molecule has 1 aromatic carbocycles. The molecular formula is C17H15Cl2N3Zr. The summed E-state index contributed by atoms with van der Waals surface area (Å²) in [6.07, 6.45) is 11.7. The molecule has 0 amide bonds. The second kappa shape index (κ2) is 7.74. The molecule has 0 spiro atoms. The van der Waals surface area contributed by atoms with Crippen molar-refractivity contribution in [1.82, 2.24) is 14.8 Å². The van der Waals surface area contributed by atoms with E-state index in [2.05, 4.69) is 64.2 Å². The average molecular weight is 423 g/mol. The Morgan fingerprint density at radius 2 is 1.87 bits per heavy atom. The van der Waals surface area contributed by atoms with Crippen molar-refractivity contribution in [3.8, 4) is 0 Å². The Bertz CT molecular complexity index is 779. The molecule has 0 saturated carbocycles. The van der Waals surface area contributed by atoms with E-state index in [4.69, 9.17) is 0 Å². The monoisotopic (exact) mass is 421 g/mol. The molecule has 2 aromatic rings. The molecule has 4 rings (SSSR count). The van der Waals surface area contributed by atoms with Crippen molar-refractivity contribution in [1.29, 1.82) is 0 Å². The summed E-state index contributed by atoms with van der Waals surface area (Å²) in [4.78, 5) is 0. The van der Waals surface area contributed by atoms with Gasteiger partial charge in [-0.1, -0.05) is 0 Å². The van der Waals surface area contributed by atoms with E-state index in [0.29, 0.717) is 3.63 Å². The molecular weight excluding hydrogens is 408 g/mol. The van der Waals surface area contributed by atoms with Crippen molar-refractivity contribution in [3.63, 3.8) is 0 Å². The third-order valence-electron chi connectivity index (χ3n) is 4.11. The Balaban J connectivity index is 0.000000960. The normalized spacial score (nSPS) is 18.0. The summed E-state index contributed by atoms with van der Waals surface area (Å²) in [5.74, 6) is 0. The van der Waals surface area contributed by atoms with Crippen molar-refractivity contribution in [2.45, 2.75) is 17.0 Å².